The molecule has 1 fully saturated rings. The van der Waals surface area contributed by atoms with Gasteiger partial charge in [0, 0.05) is 76.0 Å². The average Bonchev–Trinajstić information content (AvgIpc) is 2.73. The van der Waals surface area contributed by atoms with E-state index in [0.717, 1.165) is 59.6 Å². The number of nitrogens with zero attached hydrogens (tertiary/aromatic N) is 4. The number of allylic oxidation sites excluding steroid dienone is 1. The van der Waals surface area contributed by atoms with Crippen molar-refractivity contribution in [1.29, 1.82) is 0 Å². The normalized spacial score (nSPS) is 16.0. The molecule has 1 aliphatic heterocycles. The van der Waals surface area contributed by atoms with Crippen LogP contribution in [0.1, 0.15) is 24.1 Å². The maximum atomic E-state index is 13.1. The quantitative estimate of drug-likeness (QED) is 0.717. The van der Waals surface area contributed by atoms with Gasteiger partial charge >= 0.3 is 0 Å². The van der Waals surface area contributed by atoms with Gasteiger partial charge in [-0.1, -0.05) is 12.6 Å². The Morgan fingerprint density at radius 2 is 1.93 bits per heavy atom. The number of hydrogen-bond donors (Lipinski definition) is 2. The van der Waals surface area contributed by atoms with Crippen molar-refractivity contribution in [3.63, 3.8) is 0 Å². The van der Waals surface area contributed by atoms with E-state index in [2.05, 4.69) is 38.8 Å². The number of nitrogens with two attached hydrogens (primary N) is 1. The number of anilines is 1. The van der Waals surface area contributed by atoms with Crippen molar-refractivity contribution in [2.75, 3.05) is 38.1 Å². The maximum Gasteiger partial charge on any atom is 0.259 e. The Morgan fingerprint density at radius 3 is 2.57 bits per heavy atom. The second-order valence-electron chi connectivity index (χ2n) is 7.82. The van der Waals surface area contributed by atoms with Crippen LogP contribution in [0.25, 0.3) is 10.8 Å². The number of rotatable bonds is 6. The van der Waals surface area contributed by atoms with Crippen LogP contribution in [0.15, 0.2) is 52.7 Å². The Hall–Kier alpha value is -3.06. The zero-order valence-electron chi connectivity index (χ0n) is 18.4. The molecule has 0 spiro atoms. The predicted octanol–water partition coefficient (Wildman–Crippen LogP) is 2.26. The van der Waals surface area contributed by atoms with Crippen LogP contribution in [-0.2, 0) is 7.05 Å². The lowest BCUT2D eigenvalue weighted by molar-refractivity contribution is 0.336. The minimum atomic E-state index is -0.135. The highest BCUT2D eigenvalue weighted by Gasteiger charge is 2.21. The number of piperazine rings is 1. The van der Waals surface area contributed by atoms with Crippen LogP contribution >= 0.6 is 0 Å². The molecule has 0 radical (unpaired) electrons. The van der Waals surface area contributed by atoms with Crippen LogP contribution in [0.5, 0.6) is 0 Å². The van der Waals surface area contributed by atoms with Crippen molar-refractivity contribution >= 4 is 22.8 Å². The summed E-state index contributed by atoms with van der Waals surface area (Å²) in [6.07, 6.45) is 5.23. The molecule has 1 aliphatic rings. The van der Waals surface area contributed by atoms with Gasteiger partial charge in [-0.05, 0) is 42.5 Å². The van der Waals surface area contributed by atoms with E-state index in [1.807, 2.05) is 34.0 Å². The molecule has 1 saturated heterocycles. The average molecular weight is 409 g/mol. The number of nitrogens with one attached hydrogen (secondary N) is 1. The number of fused-ring (bicyclic) bond motifs is 1. The smallest absolute Gasteiger partial charge is 0.259 e. The van der Waals surface area contributed by atoms with Crippen LogP contribution in [0, 0.1) is 6.92 Å². The molecule has 30 heavy (non-hydrogen) atoms. The van der Waals surface area contributed by atoms with Crippen molar-refractivity contribution in [2.45, 2.75) is 19.9 Å². The van der Waals surface area contributed by atoms with Crippen LogP contribution < -0.4 is 21.5 Å². The summed E-state index contributed by atoms with van der Waals surface area (Å²) in [5, 5.41) is 4.58. The highest BCUT2D eigenvalue weighted by Crippen LogP contribution is 2.27. The summed E-state index contributed by atoms with van der Waals surface area (Å²) in [7, 11) is 3.68. The van der Waals surface area contributed by atoms with E-state index in [-0.39, 0.29) is 11.6 Å². The number of aliphatic imine (C=N–C) groups is 1. The fourth-order valence-corrected chi connectivity index (χ4v) is 3.91. The molecule has 1 unspecified atom stereocenters. The van der Waals surface area contributed by atoms with Crippen molar-refractivity contribution in [3.05, 3.63) is 64.4 Å². The second kappa shape index (κ2) is 9.17. The van der Waals surface area contributed by atoms with Crippen LogP contribution in [0.2, 0.25) is 0 Å². The Kier molecular flexibility index (Phi) is 6.62. The van der Waals surface area contributed by atoms with Crippen LogP contribution in [0.4, 0.5) is 5.82 Å². The topological polar surface area (TPSA) is 78.9 Å². The van der Waals surface area contributed by atoms with Gasteiger partial charge in [-0.25, -0.2) is 0 Å². The molecular formula is C23H32N6O. The lowest BCUT2D eigenvalue weighted by atomic mass is 9.98. The fourth-order valence-electron chi connectivity index (χ4n) is 3.91. The summed E-state index contributed by atoms with van der Waals surface area (Å²) in [6.45, 7) is 11.3. The molecule has 7 nitrogen and oxygen atoms in total. The minimum absolute atomic E-state index is 0.0170. The number of aryl methyl sites for hydroxylation is 1. The van der Waals surface area contributed by atoms with E-state index in [1.54, 1.807) is 23.2 Å². The molecular weight excluding hydrogens is 376 g/mol. The zero-order chi connectivity index (χ0) is 21.8. The first kappa shape index (κ1) is 21.6. The molecule has 1 aromatic heterocycles. The van der Waals surface area contributed by atoms with E-state index in [0.29, 0.717) is 0 Å². The lowest BCUT2D eigenvalue weighted by Crippen LogP contribution is -2.47. The van der Waals surface area contributed by atoms with Gasteiger partial charge < -0.3 is 20.9 Å². The van der Waals surface area contributed by atoms with Crippen LogP contribution in [0.3, 0.4) is 0 Å². The Balaban J connectivity index is 1.85. The molecule has 160 valence electrons. The largest absolute Gasteiger partial charge is 0.393 e. The Morgan fingerprint density at radius 1 is 1.23 bits per heavy atom. The van der Waals surface area contributed by atoms with E-state index >= 15 is 0 Å². The molecule has 0 amide bonds. The van der Waals surface area contributed by atoms with Crippen molar-refractivity contribution in [1.82, 2.24) is 14.8 Å². The molecule has 0 saturated carbocycles. The van der Waals surface area contributed by atoms with Gasteiger partial charge in [0.05, 0.1) is 0 Å². The summed E-state index contributed by atoms with van der Waals surface area (Å²) in [5.41, 5.74) is 9.19. The number of aromatic nitrogens is 1. The first-order valence-corrected chi connectivity index (χ1v) is 10.3. The van der Waals surface area contributed by atoms with Gasteiger partial charge in [0.25, 0.3) is 5.56 Å². The highest BCUT2D eigenvalue weighted by atomic mass is 16.1. The third kappa shape index (κ3) is 4.41. The summed E-state index contributed by atoms with van der Waals surface area (Å²) < 4.78 is 1.75. The van der Waals surface area contributed by atoms with Gasteiger partial charge in [0.15, 0.2) is 0 Å². The Bertz CT molecular complexity index is 1040. The predicted molar refractivity (Wildman–Crippen MR) is 126 cm³/mol. The van der Waals surface area contributed by atoms with Gasteiger partial charge in [0.2, 0.25) is 0 Å². The number of pyridine rings is 1. The first-order valence-electron chi connectivity index (χ1n) is 10.3. The van der Waals surface area contributed by atoms with Crippen molar-refractivity contribution in [2.24, 2.45) is 17.8 Å². The first-order chi connectivity index (χ1) is 14.3. The van der Waals surface area contributed by atoms with E-state index < -0.39 is 0 Å². The van der Waals surface area contributed by atoms with Gasteiger partial charge in [-0.2, -0.15) is 0 Å². The third-order valence-corrected chi connectivity index (χ3v) is 5.56. The molecule has 3 N–H and O–H groups in total. The molecule has 1 atom stereocenters. The van der Waals surface area contributed by atoms with Gasteiger partial charge in [-0.15, -0.1) is 0 Å². The Labute approximate surface area is 178 Å². The van der Waals surface area contributed by atoms with Gasteiger partial charge in [-0.3, -0.25) is 14.4 Å². The molecule has 0 bridgehead atoms. The third-order valence-electron chi connectivity index (χ3n) is 5.56. The molecule has 2 heterocycles. The summed E-state index contributed by atoms with van der Waals surface area (Å²) >= 11 is 0. The number of hydrogen-bond acceptors (Lipinski definition) is 6. The fraction of sp³-hybridized carbons (Fsp3) is 0.391. The minimum Gasteiger partial charge on any atom is -0.393 e. The maximum absolute atomic E-state index is 13.1. The summed E-state index contributed by atoms with van der Waals surface area (Å²) in [6, 6.07) is 6.02. The van der Waals surface area contributed by atoms with Gasteiger partial charge in [0.1, 0.15) is 5.82 Å². The van der Waals surface area contributed by atoms with E-state index in [4.69, 9.17) is 5.73 Å². The lowest BCUT2D eigenvalue weighted by Gasteiger charge is -2.38. The van der Waals surface area contributed by atoms with E-state index in [1.165, 1.54) is 0 Å². The molecule has 1 aromatic carbocycles. The standard InChI is InChI=1S/C23H32N6O/c1-16-12-19(18(3)24)20-14-22(27(5)23(30)21(20)13-16)29-10-8-28(9-11-29)17(2)15-26-7-6-25-4/h6-7,12-15,18,25H,2,8-11,24H2,1,3-5H3/b7-6-,26-15?. The SMILES string of the molecule is C=C(C=N/C=C\NC)N1CCN(c2cc3c(C(C)N)cc(C)cc3c(=O)n2C)CC1. The van der Waals surface area contributed by atoms with Crippen molar-refractivity contribution in [3.8, 4) is 0 Å². The summed E-state index contributed by atoms with van der Waals surface area (Å²) in [4.78, 5) is 21.8. The molecule has 0 aliphatic carbocycles. The number of benzene rings is 1. The van der Waals surface area contributed by atoms with E-state index in [9.17, 15) is 4.79 Å². The molecule has 7 heteroatoms. The summed E-state index contributed by atoms with van der Waals surface area (Å²) in [5.74, 6) is 0.925. The van der Waals surface area contributed by atoms with Crippen molar-refractivity contribution < 1.29 is 0 Å². The molecule has 3 rings (SSSR count). The zero-order valence-corrected chi connectivity index (χ0v) is 18.4. The van der Waals surface area contributed by atoms with Crippen LogP contribution in [-0.4, -0.2) is 48.9 Å². The highest BCUT2D eigenvalue weighted by molar-refractivity contribution is 5.88. The molecule has 2 aromatic rings. The second-order valence-corrected chi connectivity index (χ2v) is 7.82. The monoisotopic (exact) mass is 408 g/mol.